The van der Waals surface area contributed by atoms with E-state index in [1.54, 1.807) is 0 Å². The molecule has 16 heavy (non-hydrogen) atoms. The molecule has 0 radical (unpaired) electrons. The van der Waals surface area contributed by atoms with Crippen LogP contribution in [0, 0.1) is 11.3 Å². The summed E-state index contributed by atoms with van der Waals surface area (Å²) in [5.74, 6) is 0.724. The molecule has 0 aromatic carbocycles. The van der Waals surface area contributed by atoms with Crippen LogP contribution < -0.4 is 5.32 Å². The lowest BCUT2D eigenvalue weighted by atomic mass is 9.85. The Kier molecular flexibility index (Phi) is 4.42. The highest BCUT2D eigenvalue weighted by atomic mass is 15.3. The van der Waals surface area contributed by atoms with Gasteiger partial charge in [0, 0.05) is 31.2 Å². The molecule has 1 saturated heterocycles. The zero-order valence-corrected chi connectivity index (χ0v) is 12.2. The number of hydrogen-bond donors (Lipinski definition) is 1. The zero-order chi connectivity index (χ0) is 12.5. The largest absolute Gasteiger partial charge is 0.311 e. The van der Waals surface area contributed by atoms with E-state index < -0.39 is 0 Å². The lowest BCUT2D eigenvalue weighted by Gasteiger charge is -2.47. The summed E-state index contributed by atoms with van der Waals surface area (Å²) in [6.45, 7) is 18.7. The highest BCUT2D eigenvalue weighted by Gasteiger charge is 2.34. The zero-order valence-electron chi connectivity index (χ0n) is 12.2. The van der Waals surface area contributed by atoms with Gasteiger partial charge in [-0.05, 0) is 25.2 Å². The first-order valence-corrected chi connectivity index (χ1v) is 6.72. The van der Waals surface area contributed by atoms with Gasteiger partial charge in [-0.25, -0.2) is 0 Å². The molecule has 1 N–H and O–H groups in total. The normalized spacial score (nSPS) is 30.8. The highest BCUT2D eigenvalue weighted by Crippen LogP contribution is 2.27. The maximum atomic E-state index is 3.66. The summed E-state index contributed by atoms with van der Waals surface area (Å²) in [6, 6.07) is 1.95. The first-order chi connectivity index (χ1) is 7.23. The van der Waals surface area contributed by atoms with E-state index in [0.29, 0.717) is 23.5 Å². The molecule has 1 fully saturated rings. The Balaban J connectivity index is 2.70. The molecule has 96 valence electrons. The van der Waals surface area contributed by atoms with Crippen LogP contribution in [0.25, 0.3) is 0 Å². The molecule has 1 aliphatic heterocycles. The SMILES string of the molecule is CC(C)C1CN(C(C)C(C)(C)C)C(C)CN1. The van der Waals surface area contributed by atoms with Gasteiger partial charge in [0.15, 0.2) is 0 Å². The molecule has 3 unspecified atom stereocenters. The van der Waals surface area contributed by atoms with E-state index in [0.717, 1.165) is 12.5 Å². The first-order valence-electron chi connectivity index (χ1n) is 6.72. The molecule has 0 aromatic heterocycles. The van der Waals surface area contributed by atoms with Gasteiger partial charge in [-0.15, -0.1) is 0 Å². The third kappa shape index (κ3) is 3.21. The summed E-state index contributed by atoms with van der Waals surface area (Å²) < 4.78 is 0. The maximum absolute atomic E-state index is 3.66. The maximum Gasteiger partial charge on any atom is 0.0218 e. The van der Waals surface area contributed by atoms with Gasteiger partial charge in [-0.1, -0.05) is 34.6 Å². The summed E-state index contributed by atoms with van der Waals surface area (Å²) >= 11 is 0. The molecule has 2 nitrogen and oxygen atoms in total. The smallest absolute Gasteiger partial charge is 0.0218 e. The van der Waals surface area contributed by atoms with Gasteiger partial charge in [0.1, 0.15) is 0 Å². The van der Waals surface area contributed by atoms with Crippen molar-refractivity contribution in [3.63, 3.8) is 0 Å². The molecule has 1 aliphatic rings. The standard InChI is InChI=1S/C14H30N2/c1-10(2)13-9-16(11(3)8-15-13)12(4)14(5,6)7/h10-13,15H,8-9H2,1-7H3. The predicted octanol–water partition coefficient (Wildman–Crippen LogP) is 2.74. The fraction of sp³-hybridized carbons (Fsp3) is 1.00. The lowest BCUT2D eigenvalue weighted by Crippen LogP contribution is -2.61. The van der Waals surface area contributed by atoms with Gasteiger partial charge in [0.05, 0.1) is 0 Å². The van der Waals surface area contributed by atoms with Crippen molar-refractivity contribution in [3.8, 4) is 0 Å². The Morgan fingerprint density at radius 2 is 1.75 bits per heavy atom. The van der Waals surface area contributed by atoms with Gasteiger partial charge in [-0.2, -0.15) is 0 Å². The van der Waals surface area contributed by atoms with Crippen molar-refractivity contribution in [1.82, 2.24) is 10.2 Å². The van der Waals surface area contributed by atoms with Crippen LogP contribution in [0.3, 0.4) is 0 Å². The van der Waals surface area contributed by atoms with Crippen molar-refractivity contribution in [2.45, 2.75) is 66.6 Å². The van der Waals surface area contributed by atoms with Crippen LogP contribution in [-0.4, -0.2) is 36.1 Å². The van der Waals surface area contributed by atoms with E-state index in [4.69, 9.17) is 0 Å². The molecule has 0 amide bonds. The molecule has 0 saturated carbocycles. The van der Waals surface area contributed by atoms with Gasteiger partial charge >= 0.3 is 0 Å². The second kappa shape index (κ2) is 5.05. The summed E-state index contributed by atoms with van der Waals surface area (Å²) in [7, 11) is 0. The van der Waals surface area contributed by atoms with Crippen molar-refractivity contribution >= 4 is 0 Å². The number of rotatable bonds is 2. The van der Waals surface area contributed by atoms with Crippen molar-refractivity contribution < 1.29 is 0 Å². The van der Waals surface area contributed by atoms with Crippen LogP contribution in [0.2, 0.25) is 0 Å². The average Bonchev–Trinajstić information content (AvgIpc) is 2.15. The van der Waals surface area contributed by atoms with Crippen molar-refractivity contribution in [2.75, 3.05) is 13.1 Å². The number of nitrogens with zero attached hydrogens (tertiary/aromatic N) is 1. The van der Waals surface area contributed by atoms with Crippen LogP contribution in [0.5, 0.6) is 0 Å². The van der Waals surface area contributed by atoms with Gasteiger partial charge < -0.3 is 5.32 Å². The van der Waals surface area contributed by atoms with E-state index >= 15 is 0 Å². The number of piperazine rings is 1. The monoisotopic (exact) mass is 226 g/mol. The van der Waals surface area contributed by atoms with Crippen LogP contribution in [-0.2, 0) is 0 Å². The van der Waals surface area contributed by atoms with Gasteiger partial charge in [0.2, 0.25) is 0 Å². The molecule has 1 heterocycles. The first kappa shape index (κ1) is 14.0. The summed E-state index contributed by atoms with van der Waals surface area (Å²) in [6.07, 6.45) is 0. The Morgan fingerprint density at radius 1 is 1.19 bits per heavy atom. The van der Waals surface area contributed by atoms with E-state index in [-0.39, 0.29) is 0 Å². The third-order valence-corrected chi connectivity index (χ3v) is 4.20. The molecule has 2 heteroatoms. The van der Waals surface area contributed by atoms with Crippen molar-refractivity contribution in [1.29, 1.82) is 0 Å². The van der Waals surface area contributed by atoms with E-state index in [1.807, 2.05) is 0 Å². The number of hydrogen-bond acceptors (Lipinski definition) is 2. The second-order valence-corrected chi connectivity index (χ2v) is 6.85. The van der Waals surface area contributed by atoms with Gasteiger partial charge in [0.25, 0.3) is 0 Å². The van der Waals surface area contributed by atoms with Crippen LogP contribution in [0.1, 0.15) is 48.5 Å². The lowest BCUT2D eigenvalue weighted by molar-refractivity contribution is 0.0347. The number of nitrogens with one attached hydrogen (secondary N) is 1. The molecule has 1 rings (SSSR count). The molecular formula is C14H30N2. The minimum absolute atomic E-state index is 0.368. The van der Waals surface area contributed by atoms with E-state index in [1.165, 1.54) is 6.54 Å². The molecule has 3 atom stereocenters. The summed E-state index contributed by atoms with van der Waals surface area (Å²) in [5, 5.41) is 3.66. The molecule has 0 bridgehead atoms. The average molecular weight is 226 g/mol. The van der Waals surface area contributed by atoms with Crippen molar-refractivity contribution in [2.24, 2.45) is 11.3 Å². The summed E-state index contributed by atoms with van der Waals surface area (Å²) in [4.78, 5) is 2.68. The van der Waals surface area contributed by atoms with Gasteiger partial charge in [-0.3, -0.25) is 4.90 Å². The Bertz CT molecular complexity index is 217. The van der Waals surface area contributed by atoms with Crippen LogP contribution in [0.4, 0.5) is 0 Å². The highest BCUT2D eigenvalue weighted by molar-refractivity contribution is 4.91. The molecule has 0 aliphatic carbocycles. The minimum Gasteiger partial charge on any atom is -0.311 e. The Labute approximate surface area is 102 Å². The topological polar surface area (TPSA) is 15.3 Å². The van der Waals surface area contributed by atoms with Crippen LogP contribution >= 0.6 is 0 Å². The third-order valence-electron chi connectivity index (χ3n) is 4.20. The van der Waals surface area contributed by atoms with Crippen molar-refractivity contribution in [3.05, 3.63) is 0 Å². The quantitative estimate of drug-likeness (QED) is 0.779. The molecule has 0 spiro atoms. The predicted molar refractivity (Wildman–Crippen MR) is 71.7 cm³/mol. The molecular weight excluding hydrogens is 196 g/mol. The fourth-order valence-electron chi connectivity index (χ4n) is 2.39. The summed E-state index contributed by atoms with van der Waals surface area (Å²) in [5.41, 5.74) is 0.368. The second-order valence-electron chi connectivity index (χ2n) is 6.85. The molecule has 0 aromatic rings. The van der Waals surface area contributed by atoms with E-state index in [2.05, 4.69) is 58.7 Å². The minimum atomic E-state index is 0.368. The van der Waals surface area contributed by atoms with Crippen LogP contribution in [0.15, 0.2) is 0 Å². The Morgan fingerprint density at radius 3 is 2.19 bits per heavy atom. The fourth-order valence-corrected chi connectivity index (χ4v) is 2.39. The Hall–Kier alpha value is -0.0800. The van der Waals surface area contributed by atoms with E-state index in [9.17, 15) is 0 Å².